The van der Waals surface area contributed by atoms with Crippen LogP contribution >= 0.6 is 0 Å². The van der Waals surface area contributed by atoms with Crippen molar-refractivity contribution in [1.82, 2.24) is 5.32 Å². The highest BCUT2D eigenvalue weighted by Gasteiger charge is 2.39. The van der Waals surface area contributed by atoms with Gasteiger partial charge in [0.2, 0.25) is 0 Å². The fraction of sp³-hybridized carbons (Fsp3) is 0.625. The van der Waals surface area contributed by atoms with E-state index < -0.39 is 9.84 Å². The molecule has 4 heteroatoms. The molecule has 1 N–H and O–H groups in total. The highest BCUT2D eigenvalue weighted by Crippen LogP contribution is 2.29. The molecule has 0 bridgehead atoms. The fourth-order valence-corrected chi connectivity index (χ4v) is 5.08. The van der Waals surface area contributed by atoms with Crippen LogP contribution < -0.4 is 5.32 Å². The van der Waals surface area contributed by atoms with Crippen molar-refractivity contribution in [2.75, 3.05) is 11.5 Å². The molecule has 0 saturated carbocycles. The van der Waals surface area contributed by atoms with Gasteiger partial charge in [-0.05, 0) is 31.2 Å². The number of rotatable bonds is 5. The summed E-state index contributed by atoms with van der Waals surface area (Å²) in [4.78, 5) is 0. The topological polar surface area (TPSA) is 46.2 Å². The maximum absolute atomic E-state index is 11.7. The standard InChI is InChI=1S/C16H25NO2S/c1-13(2)11-15(14-7-5-4-6-8-14)17-16(3)9-10-20(18,19)12-16/h4-8,13,15,17H,9-12H2,1-3H3. The molecule has 0 spiro atoms. The summed E-state index contributed by atoms with van der Waals surface area (Å²) in [5.41, 5.74) is 0.945. The molecule has 3 nitrogen and oxygen atoms in total. The predicted molar refractivity (Wildman–Crippen MR) is 83.4 cm³/mol. The van der Waals surface area contributed by atoms with Crippen LogP contribution in [0.1, 0.15) is 45.2 Å². The first-order chi connectivity index (χ1) is 9.30. The Morgan fingerprint density at radius 1 is 1.25 bits per heavy atom. The van der Waals surface area contributed by atoms with E-state index in [1.165, 1.54) is 5.56 Å². The Morgan fingerprint density at radius 3 is 2.40 bits per heavy atom. The Balaban J connectivity index is 2.17. The molecule has 20 heavy (non-hydrogen) atoms. The van der Waals surface area contributed by atoms with Gasteiger partial charge in [-0.15, -0.1) is 0 Å². The van der Waals surface area contributed by atoms with Crippen LogP contribution in [0.25, 0.3) is 0 Å². The maximum Gasteiger partial charge on any atom is 0.152 e. The van der Waals surface area contributed by atoms with E-state index in [2.05, 4.69) is 31.3 Å². The minimum Gasteiger partial charge on any atom is -0.304 e. The zero-order valence-corrected chi connectivity index (χ0v) is 13.4. The lowest BCUT2D eigenvalue weighted by Gasteiger charge is -2.32. The van der Waals surface area contributed by atoms with Gasteiger partial charge in [-0.25, -0.2) is 8.42 Å². The summed E-state index contributed by atoms with van der Waals surface area (Å²) in [6.07, 6.45) is 1.72. The van der Waals surface area contributed by atoms with Crippen LogP contribution in [0, 0.1) is 5.92 Å². The zero-order chi connectivity index (χ0) is 14.8. The lowest BCUT2D eigenvalue weighted by molar-refractivity contribution is 0.311. The first-order valence-electron chi connectivity index (χ1n) is 7.33. The van der Waals surface area contributed by atoms with E-state index in [0.717, 1.165) is 6.42 Å². The lowest BCUT2D eigenvalue weighted by atomic mass is 9.92. The smallest absolute Gasteiger partial charge is 0.152 e. The molecule has 0 aromatic heterocycles. The van der Waals surface area contributed by atoms with Gasteiger partial charge in [-0.1, -0.05) is 44.2 Å². The Labute approximate surface area is 122 Å². The molecule has 1 aliphatic heterocycles. The first-order valence-corrected chi connectivity index (χ1v) is 9.15. The molecule has 0 aliphatic carbocycles. The highest BCUT2D eigenvalue weighted by atomic mass is 32.2. The zero-order valence-electron chi connectivity index (χ0n) is 12.6. The summed E-state index contributed by atoms with van der Waals surface area (Å²) in [5, 5.41) is 3.62. The third-order valence-corrected chi connectivity index (χ3v) is 5.84. The minimum atomic E-state index is -2.87. The van der Waals surface area contributed by atoms with Crippen LogP contribution in [0.5, 0.6) is 0 Å². The van der Waals surface area contributed by atoms with Gasteiger partial charge in [0, 0.05) is 11.6 Å². The van der Waals surface area contributed by atoms with E-state index in [1.54, 1.807) is 0 Å². The molecule has 2 unspecified atom stereocenters. The van der Waals surface area contributed by atoms with Gasteiger partial charge in [0.05, 0.1) is 11.5 Å². The summed E-state index contributed by atoms with van der Waals surface area (Å²) >= 11 is 0. The van der Waals surface area contributed by atoms with Crippen molar-refractivity contribution in [2.24, 2.45) is 5.92 Å². The van der Waals surface area contributed by atoms with E-state index in [-0.39, 0.29) is 17.3 Å². The molecule has 0 amide bonds. The van der Waals surface area contributed by atoms with Crippen molar-refractivity contribution in [2.45, 2.75) is 45.2 Å². The summed E-state index contributed by atoms with van der Waals surface area (Å²) in [6, 6.07) is 10.5. The van der Waals surface area contributed by atoms with Crippen molar-refractivity contribution in [3.05, 3.63) is 35.9 Å². The molecular weight excluding hydrogens is 270 g/mol. The SMILES string of the molecule is CC(C)CC(NC1(C)CCS(=O)(=O)C1)c1ccccc1. The van der Waals surface area contributed by atoms with Crippen LogP contribution in [-0.4, -0.2) is 25.5 Å². The summed E-state index contributed by atoms with van der Waals surface area (Å²) in [5.74, 6) is 1.12. The second kappa shape index (κ2) is 5.86. The summed E-state index contributed by atoms with van der Waals surface area (Å²) in [6.45, 7) is 6.44. The van der Waals surface area contributed by atoms with Gasteiger partial charge in [0.25, 0.3) is 0 Å². The Hall–Kier alpha value is -0.870. The van der Waals surface area contributed by atoms with Crippen LogP contribution in [0.15, 0.2) is 30.3 Å². The number of hydrogen-bond donors (Lipinski definition) is 1. The second-order valence-corrected chi connectivity index (χ2v) is 8.82. The summed E-state index contributed by atoms with van der Waals surface area (Å²) in [7, 11) is -2.87. The van der Waals surface area contributed by atoms with Crippen molar-refractivity contribution >= 4 is 9.84 Å². The molecule has 1 saturated heterocycles. The van der Waals surface area contributed by atoms with Crippen LogP contribution in [0.3, 0.4) is 0 Å². The van der Waals surface area contributed by atoms with Crippen molar-refractivity contribution in [3.8, 4) is 0 Å². The molecule has 1 heterocycles. The average Bonchev–Trinajstić information content (AvgIpc) is 2.63. The normalized spacial score (nSPS) is 26.8. The highest BCUT2D eigenvalue weighted by molar-refractivity contribution is 7.91. The maximum atomic E-state index is 11.7. The molecular formula is C16H25NO2S. The number of hydrogen-bond acceptors (Lipinski definition) is 3. The molecule has 1 fully saturated rings. The molecule has 2 rings (SSSR count). The van der Waals surface area contributed by atoms with Crippen LogP contribution in [0.2, 0.25) is 0 Å². The van der Waals surface area contributed by atoms with Crippen molar-refractivity contribution in [3.63, 3.8) is 0 Å². The Morgan fingerprint density at radius 2 is 1.90 bits per heavy atom. The molecule has 1 aromatic rings. The molecule has 1 aromatic carbocycles. The van der Waals surface area contributed by atoms with E-state index in [9.17, 15) is 8.42 Å². The van der Waals surface area contributed by atoms with E-state index in [1.807, 2.05) is 25.1 Å². The van der Waals surface area contributed by atoms with E-state index in [0.29, 0.717) is 18.1 Å². The van der Waals surface area contributed by atoms with Gasteiger partial charge in [0.1, 0.15) is 0 Å². The fourth-order valence-electron chi connectivity index (χ4n) is 2.98. The van der Waals surface area contributed by atoms with Crippen molar-refractivity contribution < 1.29 is 8.42 Å². The monoisotopic (exact) mass is 295 g/mol. The van der Waals surface area contributed by atoms with Gasteiger partial charge in [-0.3, -0.25) is 0 Å². The number of sulfone groups is 1. The predicted octanol–water partition coefficient (Wildman–Crippen LogP) is 2.94. The Kier molecular flexibility index (Phi) is 4.55. The largest absolute Gasteiger partial charge is 0.304 e. The Bertz CT molecular complexity index is 539. The van der Waals surface area contributed by atoms with E-state index in [4.69, 9.17) is 0 Å². The first kappa shape index (κ1) is 15.5. The van der Waals surface area contributed by atoms with Gasteiger partial charge < -0.3 is 5.32 Å². The number of nitrogens with one attached hydrogen (secondary N) is 1. The molecule has 0 radical (unpaired) electrons. The van der Waals surface area contributed by atoms with Crippen LogP contribution in [-0.2, 0) is 9.84 Å². The van der Waals surface area contributed by atoms with Crippen LogP contribution in [0.4, 0.5) is 0 Å². The quantitative estimate of drug-likeness (QED) is 0.908. The third kappa shape index (κ3) is 4.06. The van der Waals surface area contributed by atoms with Crippen molar-refractivity contribution in [1.29, 1.82) is 0 Å². The molecule has 112 valence electrons. The number of benzene rings is 1. The van der Waals surface area contributed by atoms with Gasteiger partial charge in [0.15, 0.2) is 9.84 Å². The van der Waals surface area contributed by atoms with Gasteiger partial charge in [-0.2, -0.15) is 0 Å². The lowest BCUT2D eigenvalue weighted by Crippen LogP contribution is -2.45. The third-order valence-electron chi connectivity index (χ3n) is 3.94. The van der Waals surface area contributed by atoms with E-state index >= 15 is 0 Å². The summed E-state index contributed by atoms with van der Waals surface area (Å²) < 4.78 is 23.5. The molecule has 1 aliphatic rings. The molecule has 2 atom stereocenters. The average molecular weight is 295 g/mol. The van der Waals surface area contributed by atoms with Gasteiger partial charge >= 0.3 is 0 Å². The minimum absolute atomic E-state index is 0.217. The second-order valence-electron chi connectivity index (χ2n) is 6.64.